The summed E-state index contributed by atoms with van der Waals surface area (Å²) >= 11 is 0. The number of aryl methyl sites for hydroxylation is 1. The highest BCUT2D eigenvalue weighted by Crippen LogP contribution is 2.27. The van der Waals surface area contributed by atoms with E-state index < -0.39 is 0 Å². The van der Waals surface area contributed by atoms with Crippen LogP contribution >= 0.6 is 0 Å². The third kappa shape index (κ3) is 1.39. The van der Waals surface area contributed by atoms with Crippen molar-refractivity contribution in [3.8, 4) is 0 Å². The number of hydrogen-bond donors (Lipinski definition) is 0. The summed E-state index contributed by atoms with van der Waals surface area (Å²) in [5, 5.41) is 0. The first kappa shape index (κ1) is 9.19. The molecule has 0 unspecified atom stereocenters. The summed E-state index contributed by atoms with van der Waals surface area (Å²) in [5.74, 6) is 0.209. The van der Waals surface area contributed by atoms with E-state index >= 15 is 0 Å². The summed E-state index contributed by atoms with van der Waals surface area (Å²) < 4.78 is 0. The Labute approximate surface area is 83.8 Å². The van der Waals surface area contributed by atoms with Gasteiger partial charge in [-0.1, -0.05) is 0 Å². The van der Waals surface area contributed by atoms with Crippen LogP contribution in [-0.4, -0.2) is 16.9 Å². The van der Waals surface area contributed by atoms with Crippen LogP contribution in [0.1, 0.15) is 25.8 Å². The second-order valence-corrected chi connectivity index (χ2v) is 3.86. The van der Waals surface area contributed by atoms with Crippen molar-refractivity contribution >= 4 is 11.6 Å². The first-order valence-electron chi connectivity index (χ1n) is 4.95. The van der Waals surface area contributed by atoms with Crippen molar-refractivity contribution in [3.63, 3.8) is 0 Å². The van der Waals surface area contributed by atoms with E-state index in [9.17, 15) is 4.79 Å². The van der Waals surface area contributed by atoms with Gasteiger partial charge in [-0.05, 0) is 31.9 Å². The summed E-state index contributed by atoms with van der Waals surface area (Å²) in [4.78, 5) is 17.6. The van der Waals surface area contributed by atoms with E-state index in [1.807, 2.05) is 24.8 Å². The summed E-state index contributed by atoms with van der Waals surface area (Å²) in [6.45, 7) is 4.06. The van der Waals surface area contributed by atoms with Gasteiger partial charge in [-0.25, -0.2) is 0 Å². The molecule has 2 rings (SSSR count). The lowest BCUT2D eigenvalue weighted by atomic mass is 10.0. The van der Waals surface area contributed by atoms with Gasteiger partial charge in [0.25, 0.3) is 0 Å². The van der Waals surface area contributed by atoms with E-state index in [1.54, 1.807) is 12.4 Å². The van der Waals surface area contributed by atoms with Gasteiger partial charge in [0.05, 0.1) is 11.9 Å². The normalized spacial score (nSPS) is 15.9. The molecule has 3 nitrogen and oxygen atoms in total. The Balaban J connectivity index is 2.46. The Hall–Kier alpha value is -1.38. The van der Waals surface area contributed by atoms with Crippen LogP contribution in [0.5, 0.6) is 0 Å². The third-order valence-corrected chi connectivity index (χ3v) is 2.54. The molecule has 0 spiro atoms. The van der Waals surface area contributed by atoms with Gasteiger partial charge >= 0.3 is 0 Å². The SMILES string of the molecule is CC(C)N1C(=O)CCc2ccncc21. The largest absolute Gasteiger partial charge is 0.308 e. The number of pyridine rings is 1. The van der Waals surface area contributed by atoms with Crippen LogP contribution in [0.2, 0.25) is 0 Å². The fourth-order valence-corrected chi connectivity index (χ4v) is 1.91. The molecule has 0 aliphatic carbocycles. The monoisotopic (exact) mass is 190 g/mol. The zero-order valence-electron chi connectivity index (χ0n) is 8.53. The number of hydrogen-bond acceptors (Lipinski definition) is 2. The minimum atomic E-state index is 0.209. The van der Waals surface area contributed by atoms with Gasteiger partial charge in [0.15, 0.2) is 0 Å². The highest BCUT2D eigenvalue weighted by atomic mass is 16.2. The number of amides is 1. The van der Waals surface area contributed by atoms with Crippen molar-refractivity contribution in [2.24, 2.45) is 0 Å². The van der Waals surface area contributed by atoms with Gasteiger partial charge in [-0.3, -0.25) is 9.78 Å². The number of rotatable bonds is 1. The van der Waals surface area contributed by atoms with E-state index in [2.05, 4.69) is 4.98 Å². The van der Waals surface area contributed by atoms with Crippen LogP contribution in [0.25, 0.3) is 0 Å². The minimum absolute atomic E-state index is 0.209. The Morgan fingerprint density at radius 3 is 2.93 bits per heavy atom. The number of carbonyl (C=O) groups is 1. The average molecular weight is 190 g/mol. The fraction of sp³-hybridized carbons (Fsp3) is 0.455. The molecule has 0 fully saturated rings. The first-order chi connectivity index (χ1) is 6.70. The molecular weight excluding hydrogens is 176 g/mol. The Morgan fingerprint density at radius 2 is 2.21 bits per heavy atom. The second kappa shape index (κ2) is 3.40. The van der Waals surface area contributed by atoms with E-state index in [0.717, 1.165) is 12.1 Å². The Morgan fingerprint density at radius 1 is 1.43 bits per heavy atom. The summed E-state index contributed by atoms with van der Waals surface area (Å²) in [6, 6.07) is 2.21. The molecule has 0 bridgehead atoms. The molecule has 1 aliphatic heterocycles. The van der Waals surface area contributed by atoms with Gasteiger partial charge < -0.3 is 4.90 Å². The van der Waals surface area contributed by atoms with Crippen LogP contribution in [0.3, 0.4) is 0 Å². The maximum atomic E-state index is 11.7. The molecule has 14 heavy (non-hydrogen) atoms. The van der Waals surface area contributed by atoms with Gasteiger partial charge in [-0.2, -0.15) is 0 Å². The maximum absolute atomic E-state index is 11.7. The van der Waals surface area contributed by atoms with Crippen LogP contribution in [0.15, 0.2) is 18.5 Å². The summed E-state index contributed by atoms with van der Waals surface area (Å²) in [6.07, 6.45) is 5.04. The lowest BCUT2D eigenvalue weighted by Gasteiger charge is -2.32. The second-order valence-electron chi connectivity index (χ2n) is 3.86. The van der Waals surface area contributed by atoms with E-state index in [4.69, 9.17) is 0 Å². The van der Waals surface area contributed by atoms with E-state index in [-0.39, 0.29) is 11.9 Å². The quantitative estimate of drug-likeness (QED) is 0.676. The number of anilines is 1. The molecular formula is C11H14N2O. The summed E-state index contributed by atoms with van der Waals surface area (Å²) in [5.41, 5.74) is 2.21. The first-order valence-corrected chi connectivity index (χ1v) is 4.95. The number of nitrogens with zero attached hydrogens (tertiary/aromatic N) is 2. The molecule has 2 heterocycles. The molecule has 1 amide bonds. The lowest BCUT2D eigenvalue weighted by molar-refractivity contribution is -0.119. The number of fused-ring (bicyclic) bond motifs is 1. The smallest absolute Gasteiger partial charge is 0.227 e. The van der Waals surface area contributed by atoms with Gasteiger partial charge in [-0.15, -0.1) is 0 Å². The molecule has 0 saturated heterocycles. The topological polar surface area (TPSA) is 33.2 Å². The molecule has 1 aliphatic rings. The molecule has 1 aromatic heterocycles. The van der Waals surface area contributed by atoms with Crippen LogP contribution in [0.4, 0.5) is 5.69 Å². The van der Waals surface area contributed by atoms with Gasteiger partial charge in [0.2, 0.25) is 5.91 Å². The zero-order valence-corrected chi connectivity index (χ0v) is 8.53. The standard InChI is InChI=1S/C11H14N2O/c1-8(2)13-10-7-12-6-5-9(10)3-4-11(13)14/h5-8H,3-4H2,1-2H3. The van der Waals surface area contributed by atoms with E-state index in [0.29, 0.717) is 6.42 Å². The Kier molecular flexibility index (Phi) is 2.23. The molecule has 0 N–H and O–H groups in total. The van der Waals surface area contributed by atoms with Gasteiger partial charge in [0, 0.05) is 18.7 Å². The predicted octanol–water partition coefficient (Wildman–Crippen LogP) is 1.77. The van der Waals surface area contributed by atoms with Crippen LogP contribution in [-0.2, 0) is 11.2 Å². The highest BCUT2D eigenvalue weighted by molar-refractivity contribution is 5.96. The fourth-order valence-electron chi connectivity index (χ4n) is 1.91. The molecule has 0 aromatic carbocycles. The molecule has 3 heteroatoms. The van der Waals surface area contributed by atoms with Crippen molar-refractivity contribution in [1.82, 2.24) is 4.98 Å². The van der Waals surface area contributed by atoms with Crippen molar-refractivity contribution in [2.75, 3.05) is 4.90 Å². The lowest BCUT2D eigenvalue weighted by Crippen LogP contribution is -2.40. The van der Waals surface area contributed by atoms with Crippen molar-refractivity contribution < 1.29 is 4.79 Å². The zero-order chi connectivity index (χ0) is 10.1. The highest BCUT2D eigenvalue weighted by Gasteiger charge is 2.25. The Bertz CT molecular complexity index is 360. The molecule has 1 aromatic rings. The number of aromatic nitrogens is 1. The molecule has 0 atom stereocenters. The van der Waals surface area contributed by atoms with E-state index in [1.165, 1.54) is 5.56 Å². The van der Waals surface area contributed by atoms with Crippen molar-refractivity contribution in [2.45, 2.75) is 32.7 Å². The van der Waals surface area contributed by atoms with Crippen LogP contribution < -0.4 is 4.90 Å². The number of carbonyl (C=O) groups excluding carboxylic acids is 1. The predicted molar refractivity (Wildman–Crippen MR) is 55.2 cm³/mol. The molecule has 0 saturated carbocycles. The minimum Gasteiger partial charge on any atom is -0.308 e. The molecule has 0 radical (unpaired) electrons. The molecule has 74 valence electrons. The average Bonchev–Trinajstić information content (AvgIpc) is 2.17. The van der Waals surface area contributed by atoms with Crippen molar-refractivity contribution in [3.05, 3.63) is 24.0 Å². The maximum Gasteiger partial charge on any atom is 0.227 e. The van der Waals surface area contributed by atoms with Crippen LogP contribution in [0, 0.1) is 0 Å². The third-order valence-electron chi connectivity index (χ3n) is 2.54. The van der Waals surface area contributed by atoms with Gasteiger partial charge in [0.1, 0.15) is 0 Å². The summed E-state index contributed by atoms with van der Waals surface area (Å²) in [7, 11) is 0. The van der Waals surface area contributed by atoms with Crippen molar-refractivity contribution in [1.29, 1.82) is 0 Å².